The van der Waals surface area contributed by atoms with Crippen LogP contribution in [-0.2, 0) is 33.7 Å². The lowest BCUT2D eigenvalue weighted by Crippen LogP contribution is -2.26. The van der Waals surface area contributed by atoms with Gasteiger partial charge < -0.3 is 18.9 Å². The van der Waals surface area contributed by atoms with E-state index in [4.69, 9.17) is 74.4 Å². The van der Waals surface area contributed by atoms with Crippen molar-refractivity contribution in [2.75, 3.05) is 63.4 Å². The van der Waals surface area contributed by atoms with Crippen LogP contribution in [0.3, 0.4) is 0 Å². The van der Waals surface area contributed by atoms with E-state index in [0.717, 1.165) is 22.7 Å². The number of ether oxygens (including phenoxy) is 4. The van der Waals surface area contributed by atoms with Crippen LogP contribution in [-0.4, -0.2) is 80.2 Å². The molecule has 0 aliphatic rings. The SMILES string of the molecule is O=[P+](OCNS(=O)(=O)c1ccc(-c2ccc(OCCCCl)c(OCCCCl)c2)s1)OCNS(=O)(=O)c1ccc(-c2ccc(OCCCCl)c(OCCCCl)c2)s1. The smallest absolute Gasteiger partial charge is 0.490 e. The fourth-order valence-electron chi connectivity index (χ4n) is 4.47. The van der Waals surface area contributed by atoms with Crippen LogP contribution in [0.5, 0.6) is 23.0 Å². The molecule has 0 amide bonds. The van der Waals surface area contributed by atoms with Crippen LogP contribution in [0.1, 0.15) is 25.7 Å². The second-order valence-corrected chi connectivity index (χ2v) is 19.8. The quantitative estimate of drug-likeness (QED) is 0.0242. The first-order chi connectivity index (χ1) is 27.0. The standard InChI is InChI=1S/C34H40Cl4N2O11PS4/c35-13-1-17-46-27-7-5-25(21-29(27)48-19-3-15-37)31-9-11-33(53-31)55(42,43)39-23-50-52(41)51-24-40-56(44,45)34-12-10-32(54-34)26-6-8-28(47-18-2-14-36)30(22-26)49-20-4-16-38/h5-12,21-22,39-40H,1-4,13-20,23-24H2/q+1. The number of sulfonamides is 2. The third-order valence-electron chi connectivity index (χ3n) is 7.13. The summed E-state index contributed by atoms with van der Waals surface area (Å²) < 4.78 is 102. The van der Waals surface area contributed by atoms with E-state index in [1.54, 1.807) is 48.5 Å². The molecule has 2 aromatic carbocycles. The van der Waals surface area contributed by atoms with Gasteiger partial charge >= 0.3 is 8.25 Å². The average molecular weight is 954 g/mol. The van der Waals surface area contributed by atoms with Crippen LogP contribution in [0.25, 0.3) is 20.9 Å². The number of thiophene rings is 2. The molecule has 0 fully saturated rings. The molecule has 22 heteroatoms. The maximum absolute atomic E-state index is 13.0. The van der Waals surface area contributed by atoms with E-state index in [9.17, 15) is 21.4 Å². The Labute approximate surface area is 355 Å². The Kier molecular flexibility index (Phi) is 20.2. The zero-order valence-corrected chi connectivity index (χ0v) is 36.9. The van der Waals surface area contributed by atoms with Crippen molar-refractivity contribution < 1.29 is 49.4 Å². The van der Waals surface area contributed by atoms with Crippen molar-refractivity contribution in [3.8, 4) is 43.9 Å². The summed E-state index contributed by atoms with van der Waals surface area (Å²) >= 11 is 25.1. The van der Waals surface area contributed by atoms with Crippen LogP contribution in [0.15, 0.2) is 69.1 Å². The van der Waals surface area contributed by atoms with Gasteiger partial charge in [-0.05, 0) is 97.5 Å². The van der Waals surface area contributed by atoms with Gasteiger partial charge in [0.2, 0.25) is 0 Å². The highest BCUT2D eigenvalue weighted by atomic mass is 35.5. The summed E-state index contributed by atoms with van der Waals surface area (Å²) in [6.45, 7) is 0.154. The van der Waals surface area contributed by atoms with Crippen molar-refractivity contribution in [3.63, 3.8) is 0 Å². The second kappa shape index (κ2) is 24.2. The molecule has 0 atom stereocenters. The van der Waals surface area contributed by atoms with Gasteiger partial charge in [0.25, 0.3) is 20.0 Å². The molecule has 0 radical (unpaired) electrons. The van der Waals surface area contributed by atoms with Crippen LogP contribution in [0, 0.1) is 0 Å². The Bertz CT molecular complexity index is 1930. The van der Waals surface area contributed by atoms with Gasteiger partial charge in [0.05, 0.1) is 26.4 Å². The maximum Gasteiger partial charge on any atom is 0.700 e. The van der Waals surface area contributed by atoms with Gasteiger partial charge in [-0.25, -0.2) is 16.8 Å². The Morgan fingerprint density at radius 3 is 1.23 bits per heavy atom. The molecule has 0 bridgehead atoms. The lowest BCUT2D eigenvalue weighted by molar-refractivity contribution is 0.221. The van der Waals surface area contributed by atoms with Crippen LogP contribution in [0.4, 0.5) is 0 Å². The molecule has 0 saturated carbocycles. The molecule has 2 N–H and O–H groups in total. The number of hydrogen-bond donors (Lipinski definition) is 2. The molecule has 0 aliphatic carbocycles. The first-order valence-corrected chi connectivity index (χ1v) is 24.8. The monoisotopic (exact) mass is 951 g/mol. The van der Waals surface area contributed by atoms with E-state index in [1.165, 1.54) is 12.1 Å². The largest absolute Gasteiger partial charge is 0.700 e. The van der Waals surface area contributed by atoms with Crippen molar-refractivity contribution in [2.24, 2.45) is 0 Å². The summed E-state index contributed by atoms with van der Waals surface area (Å²) in [5.41, 5.74) is 1.40. The number of alkyl halides is 4. The van der Waals surface area contributed by atoms with Crippen LogP contribution < -0.4 is 28.4 Å². The number of rotatable bonds is 28. The van der Waals surface area contributed by atoms with E-state index in [1.807, 2.05) is 0 Å². The van der Waals surface area contributed by atoms with Crippen LogP contribution in [0.2, 0.25) is 0 Å². The minimum Gasteiger partial charge on any atom is -0.490 e. The summed E-state index contributed by atoms with van der Waals surface area (Å²) in [6.07, 6.45) is 2.56. The Balaban J connectivity index is 1.28. The normalized spacial score (nSPS) is 11.8. The molecule has 0 spiro atoms. The Morgan fingerprint density at radius 1 is 0.518 bits per heavy atom. The zero-order valence-electron chi connectivity index (χ0n) is 29.8. The van der Waals surface area contributed by atoms with Gasteiger partial charge in [-0.15, -0.1) is 78.1 Å². The zero-order chi connectivity index (χ0) is 40.4. The van der Waals surface area contributed by atoms with Crippen LogP contribution >= 0.6 is 77.3 Å². The minimum absolute atomic E-state index is 0.0241. The summed E-state index contributed by atoms with van der Waals surface area (Å²) in [7, 11) is -11.0. The summed E-state index contributed by atoms with van der Waals surface area (Å²) in [5, 5.41) is 0. The molecule has 2 aromatic heterocycles. The highest BCUT2D eigenvalue weighted by Gasteiger charge is 2.26. The van der Waals surface area contributed by atoms with Crippen molar-refractivity contribution in [1.82, 2.24) is 9.44 Å². The first kappa shape index (κ1) is 46.7. The topological polar surface area (TPSA) is 165 Å². The van der Waals surface area contributed by atoms with E-state index < -0.39 is 41.8 Å². The van der Waals surface area contributed by atoms with Gasteiger partial charge in [0.15, 0.2) is 36.5 Å². The van der Waals surface area contributed by atoms with Gasteiger partial charge in [-0.1, -0.05) is 0 Å². The number of hydrogen-bond acceptors (Lipinski definition) is 13. The van der Waals surface area contributed by atoms with E-state index >= 15 is 0 Å². The Hall–Kier alpha value is -1.96. The highest BCUT2D eigenvalue weighted by Crippen LogP contribution is 2.39. The lowest BCUT2D eigenvalue weighted by atomic mass is 10.1. The Morgan fingerprint density at radius 2 is 0.875 bits per heavy atom. The van der Waals surface area contributed by atoms with Gasteiger partial charge in [-0.2, -0.15) is 9.44 Å². The van der Waals surface area contributed by atoms with E-state index in [2.05, 4.69) is 9.44 Å². The molecule has 0 aliphatic heterocycles. The fourth-order valence-corrected chi connectivity index (χ4v) is 9.94. The molecule has 2 heterocycles. The minimum atomic E-state index is -4.07. The fraction of sp³-hybridized carbons (Fsp3) is 0.412. The van der Waals surface area contributed by atoms with Crippen molar-refractivity contribution in [3.05, 3.63) is 60.7 Å². The van der Waals surface area contributed by atoms with Crippen molar-refractivity contribution >= 4 is 97.4 Å². The number of benzene rings is 2. The van der Waals surface area contributed by atoms with Gasteiger partial charge in [0.1, 0.15) is 8.42 Å². The molecular weight excluding hydrogens is 913 g/mol. The molecule has 308 valence electrons. The summed E-state index contributed by atoms with van der Waals surface area (Å²) in [6, 6.07) is 16.7. The highest BCUT2D eigenvalue weighted by molar-refractivity contribution is 7.92. The third-order valence-corrected chi connectivity index (χ3v) is 14.9. The summed E-state index contributed by atoms with van der Waals surface area (Å²) in [4.78, 5) is 1.28. The third kappa shape index (κ3) is 14.7. The van der Waals surface area contributed by atoms with E-state index in [-0.39, 0.29) is 8.42 Å². The van der Waals surface area contributed by atoms with Crippen molar-refractivity contribution in [2.45, 2.75) is 34.1 Å². The lowest BCUT2D eigenvalue weighted by Gasteiger charge is -2.13. The molecular formula is C34H40Cl4N2O11PS4+. The molecule has 56 heavy (non-hydrogen) atoms. The molecule has 4 rings (SSSR count). The maximum atomic E-state index is 13.0. The predicted molar refractivity (Wildman–Crippen MR) is 223 cm³/mol. The van der Waals surface area contributed by atoms with Gasteiger partial charge in [-0.3, -0.25) is 0 Å². The molecule has 4 aromatic rings. The summed E-state index contributed by atoms with van der Waals surface area (Å²) in [5.74, 6) is 3.80. The average Bonchev–Trinajstić information content (AvgIpc) is 3.89. The first-order valence-electron chi connectivity index (χ1n) is 17.0. The molecule has 0 unspecified atom stereocenters. The van der Waals surface area contributed by atoms with Gasteiger partial charge in [0, 0.05) is 37.8 Å². The van der Waals surface area contributed by atoms with E-state index in [0.29, 0.717) is 120 Å². The molecule has 0 saturated heterocycles. The number of halogens is 4. The number of nitrogens with one attached hydrogen (secondary N) is 2. The second-order valence-electron chi connectivity index (χ2n) is 11.2. The molecule has 13 nitrogen and oxygen atoms in total. The van der Waals surface area contributed by atoms with Crippen molar-refractivity contribution in [1.29, 1.82) is 0 Å². The predicted octanol–water partition coefficient (Wildman–Crippen LogP) is 9.04.